The van der Waals surface area contributed by atoms with Crippen LogP contribution in [0.15, 0.2) is 114 Å². The molecule has 0 radical (unpaired) electrons. The van der Waals surface area contributed by atoms with Gasteiger partial charge < -0.3 is 47.3 Å². The van der Waals surface area contributed by atoms with E-state index in [0.29, 0.717) is 5.69 Å². The minimum absolute atomic E-state index is 0.0152. The Kier molecular flexibility index (Phi) is 14.0. The van der Waals surface area contributed by atoms with Crippen molar-refractivity contribution in [3.05, 3.63) is 137 Å². The lowest BCUT2D eigenvalue weighted by molar-refractivity contribution is -0.123. The average Bonchev–Trinajstić information content (AvgIpc) is 3.22. The first-order valence-corrected chi connectivity index (χ1v) is 20.4. The molecule has 320 valence electrons. The van der Waals surface area contributed by atoms with Crippen LogP contribution >= 0.6 is 0 Å². The molecule has 0 aromatic heterocycles. The number of carboxylic acids is 1. The molecule has 5 rings (SSSR count). The fourth-order valence-electron chi connectivity index (χ4n) is 5.64. The van der Waals surface area contributed by atoms with Gasteiger partial charge in [-0.3, -0.25) is 28.8 Å². The van der Waals surface area contributed by atoms with Crippen molar-refractivity contribution >= 4 is 74.0 Å². The van der Waals surface area contributed by atoms with E-state index in [1.807, 2.05) is 0 Å². The number of phenolic OH excluding ortho intramolecular Hbond substituents is 1. The summed E-state index contributed by atoms with van der Waals surface area (Å²) in [5.41, 5.74) is 6.38. The van der Waals surface area contributed by atoms with Gasteiger partial charge in [0.25, 0.3) is 23.6 Å². The minimum Gasteiger partial charge on any atom is -0.504 e. The predicted molar refractivity (Wildman–Crippen MR) is 227 cm³/mol. The topological polar surface area (TPSA) is 289 Å². The van der Waals surface area contributed by atoms with Crippen LogP contribution < -0.4 is 37.1 Å². The smallest absolute Gasteiger partial charge is 0.335 e. The minimum atomic E-state index is -3.44. The maximum absolute atomic E-state index is 13.3. The van der Waals surface area contributed by atoms with Crippen LogP contribution in [0.4, 0.5) is 22.7 Å². The van der Waals surface area contributed by atoms with Crippen LogP contribution in [0, 0.1) is 0 Å². The lowest BCUT2D eigenvalue weighted by Crippen LogP contribution is -2.46. The molecule has 6 amide bonds. The first-order chi connectivity index (χ1) is 29.3. The van der Waals surface area contributed by atoms with Gasteiger partial charge in [-0.2, -0.15) is 0 Å². The standard InChI is InChI=1S/C43H40N6O12S/c1-23(2)61-37-33(21-20-32(36(37)51)41(55)46-29-16-8-27(9-17-29)43(57)58)48-39(53)24-6-14-30(15-7-24)47-42(56)34(22-35(44)50)49-40(54)25-4-12-28(13-5-25)45-38(52)26-10-18-31(19-11-26)62(3,59)60/h4-21,23,34,51H,22H2,1-3H3,(H2,44,50)(H,45,52)(H,46,55)(H,47,56)(H,48,53)(H,49,54)(H,57,58). The number of hydrogen-bond donors (Lipinski definition) is 8. The van der Waals surface area contributed by atoms with E-state index in [1.165, 1.54) is 109 Å². The van der Waals surface area contributed by atoms with Crippen molar-refractivity contribution < 1.29 is 56.9 Å². The van der Waals surface area contributed by atoms with Crippen molar-refractivity contribution in [2.75, 3.05) is 27.5 Å². The van der Waals surface area contributed by atoms with E-state index in [0.717, 1.165) is 6.26 Å². The van der Waals surface area contributed by atoms with E-state index < -0.39 is 75.6 Å². The quantitative estimate of drug-likeness (QED) is 0.0673. The Morgan fingerprint density at radius 1 is 0.613 bits per heavy atom. The van der Waals surface area contributed by atoms with Crippen LogP contribution in [0.1, 0.15) is 72.1 Å². The first-order valence-electron chi connectivity index (χ1n) is 18.5. The van der Waals surface area contributed by atoms with Crippen LogP contribution in [0.2, 0.25) is 0 Å². The number of amides is 6. The highest BCUT2D eigenvalue weighted by atomic mass is 32.2. The lowest BCUT2D eigenvalue weighted by Gasteiger charge is -2.19. The van der Waals surface area contributed by atoms with Crippen molar-refractivity contribution in [3.63, 3.8) is 0 Å². The third-order valence-corrected chi connectivity index (χ3v) is 9.89. The number of benzene rings is 5. The highest BCUT2D eigenvalue weighted by Crippen LogP contribution is 2.39. The highest BCUT2D eigenvalue weighted by molar-refractivity contribution is 7.90. The predicted octanol–water partition coefficient (Wildman–Crippen LogP) is 4.65. The zero-order valence-electron chi connectivity index (χ0n) is 33.2. The van der Waals surface area contributed by atoms with Gasteiger partial charge in [-0.1, -0.05) is 0 Å². The number of sulfone groups is 1. The molecule has 0 aliphatic heterocycles. The molecular formula is C43H40N6O12S. The van der Waals surface area contributed by atoms with Gasteiger partial charge in [0, 0.05) is 40.0 Å². The molecule has 0 bridgehead atoms. The Morgan fingerprint density at radius 2 is 1.06 bits per heavy atom. The first kappa shape index (κ1) is 45.0. The largest absolute Gasteiger partial charge is 0.504 e. The van der Waals surface area contributed by atoms with Crippen LogP contribution in [-0.2, 0) is 19.4 Å². The summed E-state index contributed by atoms with van der Waals surface area (Å²) in [4.78, 5) is 88.4. The average molecular weight is 865 g/mol. The number of aromatic carboxylic acids is 1. The number of carboxylic acid groups (broad SMARTS) is 1. The highest BCUT2D eigenvalue weighted by Gasteiger charge is 2.25. The van der Waals surface area contributed by atoms with E-state index in [4.69, 9.17) is 15.6 Å². The Hall–Kier alpha value is -8.06. The van der Waals surface area contributed by atoms with Crippen LogP contribution in [-0.4, -0.2) is 78.4 Å². The number of carbonyl (C=O) groups is 7. The fraction of sp³-hybridized carbons (Fsp3) is 0.140. The number of aromatic hydroxyl groups is 1. The maximum atomic E-state index is 13.3. The van der Waals surface area contributed by atoms with E-state index >= 15 is 0 Å². The van der Waals surface area contributed by atoms with Gasteiger partial charge in [0.1, 0.15) is 6.04 Å². The SMILES string of the molecule is CC(C)Oc1c(NC(=O)c2ccc(NC(=O)C(CC(N)=O)NC(=O)c3ccc(NC(=O)c4ccc(S(C)(=O)=O)cc4)cc3)cc2)ccc(C(=O)Nc2ccc(C(=O)O)cc2)c1O. The lowest BCUT2D eigenvalue weighted by atomic mass is 10.1. The summed E-state index contributed by atoms with van der Waals surface area (Å²) in [6.07, 6.45) is -0.00111. The second-order valence-corrected chi connectivity index (χ2v) is 15.9. The summed E-state index contributed by atoms with van der Waals surface area (Å²) < 4.78 is 29.2. The summed E-state index contributed by atoms with van der Waals surface area (Å²) in [6.45, 7) is 3.34. The molecule has 0 heterocycles. The maximum Gasteiger partial charge on any atom is 0.335 e. The van der Waals surface area contributed by atoms with Gasteiger partial charge in [0.2, 0.25) is 11.8 Å². The molecule has 62 heavy (non-hydrogen) atoms. The van der Waals surface area contributed by atoms with Gasteiger partial charge in [-0.25, -0.2) is 13.2 Å². The van der Waals surface area contributed by atoms with E-state index in [1.54, 1.807) is 13.8 Å². The normalized spacial score (nSPS) is 11.4. The number of nitrogens with two attached hydrogens (primary N) is 1. The zero-order valence-corrected chi connectivity index (χ0v) is 34.0. The third kappa shape index (κ3) is 11.8. The van der Waals surface area contributed by atoms with E-state index in [-0.39, 0.29) is 55.5 Å². The molecule has 0 saturated carbocycles. The van der Waals surface area contributed by atoms with Crippen LogP contribution in [0.25, 0.3) is 0 Å². The molecule has 19 heteroatoms. The summed E-state index contributed by atoms with van der Waals surface area (Å²) in [5, 5.41) is 33.0. The zero-order chi connectivity index (χ0) is 45.3. The van der Waals surface area contributed by atoms with Crippen molar-refractivity contribution in [2.45, 2.75) is 37.3 Å². The number of nitrogens with one attached hydrogen (secondary N) is 5. The Bertz CT molecular complexity index is 2650. The molecule has 1 unspecified atom stereocenters. The summed E-state index contributed by atoms with van der Waals surface area (Å²) in [5.74, 6) is -6.22. The molecule has 0 saturated heterocycles. The van der Waals surface area contributed by atoms with Crippen molar-refractivity contribution in [1.29, 1.82) is 0 Å². The second kappa shape index (κ2) is 19.3. The molecule has 5 aromatic carbocycles. The Balaban J connectivity index is 1.21. The number of ether oxygens (including phenoxy) is 1. The van der Waals surface area contributed by atoms with Gasteiger partial charge in [0.15, 0.2) is 21.3 Å². The monoisotopic (exact) mass is 864 g/mol. The molecule has 18 nitrogen and oxygen atoms in total. The number of rotatable bonds is 16. The van der Waals surface area contributed by atoms with Crippen LogP contribution in [0.5, 0.6) is 11.5 Å². The molecule has 9 N–H and O–H groups in total. The molecule has 0 aliphatic rings. The van der Waals surface area contributed by atoms with E-state index in [9.17, 15) is 47.1 Å². The van der Waals surface area contributed by atoms with Crippen molar-refractivity contribution in [2.24, 2.45) is 5.73 Å². The fourth-order valence-corrected chi connectivity index (χ4v) is 6.28. The number of carbonyl (C=O) groups excluding carboxylic acids is 6. The van der Waals surface area contributed by atoms with Crippen molar-refractivity contribution in [3.8, 4) is 11.5 Å². The molecule has 1 atom stereocenters. The van der Waals surface area contributed by atoms with E-state index in [2.05, 4.69) is 26.6 Å². The van der Waals surface area contributed by atoms with Gasteiger partial charge in [-0.15, -0.1) is 0 Å². The summed E-state index contributed by atoms with van der Waals surface area (Å²) >= 11 is 0. The van der Waals surface area contributed by atoms with Crippen molar-refractivity contribution in [1.82, 2.24) is 5.32 Å². The number of hydrogen-bond acceptors (Lipinski definition) is 11. The summed E-state index contributed by atoms with van der Waals surface area (Å²) in [6, 6.07) is 23.1. The Morgan fingerprint density at radius 3 is 1.55 bits per heavy atom. The van der Waals surface area contributed by atoms with Gasteiger partial charge >= 0.3 is 5.97 Å². The Labute approximate surface area is 354 Å². The molecule has 0 aliphatic carbocycles. The number of anilines is 4. The number of primary amides is 1. The van der Waals surface area contributed by atoms with Gasteiger partial charge in [-0.05, 0) is 123 Å². The number of phenols is 1. The molecule has 0 fully saturated rings. The molecular weight excluding hydrogens is 825 g/mol. The van der Waals surface area contributed by atoms with Crippen LogP contribution in [0.3, 0.4) is 0 Å². The third-order valence-electron chi connectivity index (χ3n) is 8.76. The molecule has 0 spiro atoms. The second-order valence-electron chi connectivity index (χ2n) is 13.9. The van der Waals surface area contributed by atoms with Gasteiger partial charge in [0.05, 0.1) is 34.2 Å². The molecule has 5 aromatic rings. The summed E-state index contributed by atoms with van der Waals surface area (Å²) in [7, 11) is -3.44.